The van der Waals surface area contributed by atoms with Crippen molar-refractivity contribution >= 4 is 23.6 Å². The maximum Gasteiger partial charge on any atom is 0.337 e. The highest BCUT2D eigenvalue weighted by Crippen LogP contribution is 2.19. The first-order valence-electron chi connectivity index (χ1n) is 8.28. The second-order valence-corrected chi connectivity index (χ2v) is 5.93. The van der Waals surface area contributed by atoms with Crippen molar-refractivity contribution in [2.75, 3.05) is 38.6 Å². The van der Waals surface area contributed by atoms with E-state index in [4.69, 9.17) is 4.74 Å². The second-order valence-electron chi connectivity index (χ2n) is 5.93. The van der Waals surface area contributed by atoms with Gasteiger partial charge in [0.05, 0.1) is 31.0 Å². The third-order valence-electron chi connectivity index (χ3n) is 3.73. The summed E-state index contributed by atoms with van der Waals surface area (Å²) >= 11 is 0. The molecule has 28 heavy (non-hydrogen) atoms. The lowest BCUT2D eigenvalue weighted by atomic mass is 10.1. The number of amides is 3. The van der Waals surface area contributed by atoms with Crippen LogP contribution in [0.15, 0.2) is 23.4 Å². The number of esters is 1. The van der Waals surface area contributed by atoms with Crippen molar-refractivity contribution in [1.82, 2.24) is 15.5 Å². The van der Waals surface area contributed by atoms with E-state index >= 15 is 0 Å². The molecule has 1 aliphatic rings. The highest BCUT2D eigenvalue weighted by atomic mass is 19.2. The fraction of sp³-hybridized carbons (Fsp3) is 0.353. The van der Waals surface area contributed by atoms with Crippen LogP contribution in [0.1, 0.15) is 6.92 Å². The molecule has 0 aliphatic carbocycles. The van der Waals surface area contributed by atoms with Gasteiger partial charge < -0.3 is 20.7 Å². The molecule has 0 unspecified atom stereocenters. The number of ether oxygens (including phenoxy) is 1. The number of nitrogens with one attached hydrogen (secondary N) is 3. The largest absolute Gasteiger partial charge is 0.463 e. The van der Waals surface area contributed by atoms with Crippen molar-refractivity contribution < 1.29 is 32.3 Å². The normalized spacial score (nSPS) is 13.9. The van der Waals surface area contributed by atoms with Gasteiger partial charge in [0.1, 0.15) is 0 Å². The number of likely N-dealkylation sites (N-methyl/N-ethyl adjacent to an activating group) is 1. The summed E-state index contributed by atoms with van der Waals surface area (Å²) in [5.41, 5.74) is -0.0317. The summed E-state index contributed by atoms with van der Waals surface area (Å²) in [6.45, 7) is 1.50. The van der Waals surface area contributed by atoms with Crippen molar-refractivity contribution in [2.24, 2.45) is 0 Å². The van der Waals surface area contributed by atoms with Gasteiger partial charge >= 0.3 is 12.0 Å². The monoisotopic (exact) mass is 400 g/mol. The molecule has 8 nitrogen and oxygen atoms in total. The first-order valence-corrected chi connectivity index (χ1v) is 8.28. The lowest BCUT2D eigenvalue weighted by molar-refractivity contribution is -0.138. The molecule has 0 spiro atoms. The van der Waals surface area contributed by atoms with Gasteiger partial charge in [-0.05, 0) is 26.1 Å². The Kier molecular flexibility index (Phi) is 6.99. The predicted molar refractivity (Wildman–Crippen MR) is 92.6 cm³/mol. The molecule has 0 fully saturated rings. The van der Waals surface area contributed by atoms with E-state index in [1.807, 2.05) is 0 Å². The Morgan fingerprint density at radius 2 is 1.96 bits per heavy atom. The fourth-order valence-corrected chi connectivity index (χ4v) is 2.46. The quantitative estimate of drug-likeness (QED) is 0.470. The Hall–Kier alpha value is -3.08. The van der Waals surface area contributed by atoms with Gasteiger partial charge in [0.25, 0.3) is 0 Å². The van der Waals surface area contributed by atoms with Crippen LogP contribution in [0.2, 0.25) is 0 Å². The van der Waals surface area contributed by atoms with Gasteiger partial charge in [-0.25, -0.2) is 22.8 Å². The summed E-state index contributed by atoms with van der Waals surface area (Å²) in [6.07, 6.45) is 0. The molecule has 0 saturated heterocycles. The molecule has 11 heteroatoms. The zero-order valence-electron chi connectivity index (χ0n) is 15.2. The maximum atomic E-state index is 13.6. The highest BCUT2D eigenvalue weighted by Gasteiger charge is 2.25. The number of halogens is 3. The summed E-state index contributed by atoms with van der Waals surface area (Å²) < 4.78 is 44.7. The minimum atomic E-state index is -1.69. The van der Waals surface area contributed by atoms with E-state index in [0.29, 0.717) is 6.07 Å². The molecule has 3 N–H and O–H groups in total. The Labute approximate surface area is 158 Å². The molecule has 0 saturated carbocycles. The van der Waals surface area contributed by atoms with Crippen LogP contribution in [0.5, 0.6) is 0 Å². The van der Waals surface area contributed by atoms with Crippen LogP contribution in [0.4, 0.5) is 23.7 Å². The van der Waals surface area contributed by atoms with E-state index in [0.717, 1.165) is 6.07 Å². The van der Waals surface area contributed by atoms with Gasteiger partial charge in [0.15, 0.2) is 17.5 Å². The summed E-state index contributed by atoms with van der Waals surface area (Å²) in [5, 5.41) is 7.08. The minimum absolute atomic E-state index is 0.00918. The topological polar surface area (TPSA) is 99.8 Å². The summed E-state index contributed by atoms with van der Waals surface area (Å²) in [7, 11) is 1.52. The molecule has 1 aromatic carbocycles. The van der Waals surface area contributed by atoms with Crippen LogP contribution in [0.3, 0.4) is 0 Å². The number of benzene rings is 1. The number of carbonyl (C=O) groups excluding carboxylic acids is 3. The van der Waals surface area contributed by atoms with E-state index in [1.54, 1.807) is 6.92 Å². The standard InChI is InChI=1S/C17H19F3N4O4/c1-3-28-16(26)9-6-21-17(27)23-12(9)7-24(2)8-13(25)22-11-5-4-10(18)14(19)15(11)20/h4-5H,3,6-8H2,1-2H3,(H,22,25)(H2,21,23,27). The maximum absolute atomic E-state index is 13.6. The lowest BCUT2D eigenvalue weighted by Crippen LogP contribution is -2.47. The molecule has 2 rings (SSSR count). The fourth-order valence-electron chi connectivity index (χ4n) is 2.46. The van der Waals surface area contributed by atoms with E-state index < -0.39 is 41.0 Å². The van der Waals surface area contributed by atoms with Gasteiger partial charge in [-0.15, -0.1) is 0 Å². The molecule has 0 radical (unpaired) electrons. The molecule has 0 bridgehead atoms. The molecule has 0 aromatic heterocycles. The smallest absolute Gasteiger partial charge is 0.337 e. The molecule has 3 amide bonds. The Morgan fingerprint density at radius 3 is 2.64 bits per heavy atom. The predicted octanol–water partition coefficient (Wildman–Crippen LogP) is 1.10. The van der Waals surface area contributed by atoms with Crippen molar-refractivity contribution in [3.05, 3.63) is 40.9 Å². The molecule has 1 aliphatic heterocycles. The zero-order chi connectivity index (χ0) is 20.8. The zero-order valence-corrected chi connectivity index (χ0v) is 15.2. The Balaban J connectivity index is 2.04. The minimum Gasteiger partial charge on any atom is -0.463 e. The summed E-state index contributed by atoms with van der Waals surface area (Å²) in [4.78, 5) is 37.0. The number of urea groups is 1. The number of rotatable bonds is 7. The third kappa shape index (κ3) is 5.22. The van der Waals surface area contributed by atoms with E-state index in [9.17, 15) is 27.6 Å². The number of hydrogen-bond donors (Lipinski definition) is 3. The molecular weight excluding hydrogens is 381 g/mol. The van der Waals surface area contributed by atoms with Gasteiger partial charge in [-0.3, -0.25) is 9.69 Å². The van der Waals surface area contributed by atoms with Crippen LogP contribution >= 0.6 is 0 Å². The van der Waals surface area contributed by atoms with Crippen molar-refractivity contribution in [1.29, 1.82) is 0 Å². The molecule has 1 heterocycles. The van der Waals surface area contributed by atoms with E-state index in [-0.39, 0.29) is 37.5 Å². The first kappa shape index (κ1) is 21.2. The van der Waals surface area contributed by atoms with Gasteiger partial charge in [-0.1, -0.05) is 0 Å². The van der Waals surface area contributed by atoms with Crippen LogP contribution in [0.25, 0.3) is 0 Å². The van der Waals surface area contributed by atoms with Crippen LogP contribution in [-0.4, -0.2) is 56.1 Å². The SMILES string of the molecule is CCOC(=O)C1=C(CN(C)CC(=O)Nc2ccc(F)c(F)c2F)NC(=O)NC1. The summed E-state index contributed by atoms with van der Waals surface area (Å²) in [6, 6.07) is 1.09. The number of anilines is 1. The third-order valence-corrected chi connectivity index (χ3v) is 3.73. The number of carbonyl (C=O) groups is 3. The number of hydrogen-bond acceptors (Lipinski definition) is 5. The Morgan fingerprint density at radius 1 is 1.25 bits per heavy atom. The molecule has 0 atom stereocenters. The van der Waals surface area contributed by atoms with Crippen molar-refractivity contribution in [3.8, 4) is 0 Å². The van der Waals surface area contributed by atoms with Gasteiger partial charge in [0.2, 0.25) is 5.91 Å². The number of nitrogens with zero attached hydrogens (tertiary/aromatic N) is 1. The van der Waals surface area contributed by atoms with Crippen molar-refractivity contribution in [3.63, 3.8) is 0 Å². The molecular formula is C17H19F3N4O4. The average molecular weight is 400 g/mol. The Bertz CT molecular complexity index is 829. The first-order chi connectivity index (χ1) is 13.2. The summed E-state index contributed by atoms with van der Waals surface area (Å²) in [5.74, 6) is -5.87. The van der Waals surface area contributed by atoms with Crippen molar-refractivity contribution in [2.45, 2.75) is 6.92 Å². The van der Waals surface area contributed by atoms with Crippen LogP contribution in [0, 0.1) is 17.5 Å². The average Bonchev–Trinajstić information content (AvgIpc) is 2.62. The van der Waals surface area contributed by atoms with Crippen LogP contribution in [-0.2, 0) is 14.3 Å². The van der Waals surface area contributed by atoms with E-state index in [2.05, 4.69) is 16.0 Å². The molecule has 1 aromatic rings. The highest BCUT2D eigenvalue weighted by molar-refractivity contribution is 5.94. The van der Waals surface area contributed by atoms with E-state index in [1.165, 1.54) is 11.9 Å². The second kappa shape index (κ2) is 9.22. The lowest BCUT2D eigenvalue weighted by Gasteiger charge is -2.25. The van der Waals surface area contributed by atoms with Gasteiger partial charge in [0, 0.05) is 12.2 Å². The van der Waals surface area contributed by atoms with Crippen LogP contribution < -0.4 is 16.0 Å². The van der Waals surface area contributed by atoms with Gasteiger partial charge in [-0.2, -0.15) is 0 Å². The molecule has 152 valence electrons.